The fraction of sp³-hybridized carbons (Fsp3) is 0.682. The summed E-state index contributed by atoms with van der Waals surface area (Å²) in [6.07, 6.45) is -0.383. The molecule has 4 nitrogen and oxygen atoms in total. The molecule has 0 atom stereocenters. The first-order chi connectivity index (χ1) is 14.5. The van der Waals surface area contributed by atoms with Crippen molar-refractivity contribution < 1.29 is 35.5 Å². The number of benzene rings is 1. The van der Waals surface area contributed by atoms with E-state index in [0.717, 1.165) is 18.9 Å². The first-order valence-corrected chi connectivity index (χ1v) is 12.5. The summed E-state index contributed by atoms with van der Waals surface area (Å²) in [6.45, 7) is 0.201. The lowest BCUT2D eigenvalue weighted by Crippen LogP contribution is -2.29. The van der Waals surface area contributed by atoms with E-state index in [4.69, 9.17) is 4.74 Å². The number of sulfone groups is 1. The quantitative estimate of drug-likeness (QED) is 0.393. The van der Waals surface area contributed by atoms with E-state index in [2.05, 4.69) is 0 Å². The van der Waals surface area contributed by atoms with Crippen molar-refractivity contribution >= 4 is 15.6 Å². The zero-order valence-electron chi connectivity index (χ0n) is 17.1. The second-order valence-corrected chi connectivity index (χ2v) is 11.4. The summed E-state index contributed by atoms with van der Waals surface area (Å²) < 4.78 is 83.2. The second-order valence-electron chi connectivity index (χ2n) is 9.14. The highest BCUT2D eigenvalue weighted by Gasteiger charge is 2.41. The van der Waals surface area contributed by atoms with Gasteiger partial charge in [-0.2, -0.15) is 13.2 Å². The zero-order valence-corrected chi connectivity index (χ0v) is 17.9. The summed E-state index contributed by atoms with van der Waals surface area (Å²) in [7, 11) is -3.55. The van der Waals surface area contributed by atoms with Crippen LogP contribution >= 0.6 is 0 Å². The van der Waals surface area contributed by atoms with E-state index in [0.29, 0.717) is 37.0 Å². The number of carbonyl (C=O) groups excluding carboxylic acids is 1. The molecule has 0 unspecified atom stereocenters. The van der Waals surface area contributed by atoms with Gasteiger partial charge in [-0.25, -0.2) is 12.8 Å². The molecule has 1 aromatic carbocycles. The van der Waals surface area contributed by atoms with Crippen LogP contribution in [0.25, 0.3) is 0 Å². The maximum Gasteiger partial charge on any atom is 0.391 e. The molecule has 3 aliphatic carbocycles. The summed E-state index contributed by atoms with van der Waals surface area (Å²) in [5.74, 6) is -3.12. The topological polar surface area (TPSA) is 60.4 Å². The van der Waals surface area contributed by atoms with E-state index in [1.165, 1.54) is 6.07 Å². The molecule has 0 aliphatic heterocycles. The van der Waals surface area contributed by atoms with Crippen LogP contribution in [0.2, 0.25) is 0 Å². The van der Waals surface area contributed by atoms with Crippen LogP contribution in [-0.2, 0) is 9.84 Å². The predicted octanol–water partition coefficient (Wildman–Crippen LogP) is 5.21. The van der Waals surface area contributed by atoms with Gasteiger partial charge in [0.1, 0.15) is 17.3 Å². The molecule has 0 bridgehead atoms. The molecule has 0 amide bonds. The Morgan fingerprint density at radius 2 is 1.65 bits per heavy atom. The van der Waals surface area contributed by atoms with E-state index >= 15 is 0 Å². The number of hydrogen-bond acceptors (Lipinski definition) is 4. The Morgan fingerprint density at radius 1 is 1.00 bits per heavy atom. The molecule has 0 saturated heterocycles. The zero-order chi connectivity index (χ0) is 22.4. The van der Waals surface area contributed by atoms with E-state index in [1.54, 1.807) is 0 Å². The average Bonchev–Trinajstić information content (AvgIpc) is 3.57. The maximum atomic E-state index is 14.7. The average molecular weight is 463 g/mol. The third-order valence-electron chi connectivity index (χ3n) is 6.57. The number of carbonyl (C=O) groups is 1. The van der Waals surface area contributed by atoms with Crippen LogP contribution in [0.4, 0.5) is 17.6 Å². The third kappa shape index (κ3) is 5.41. The van der Waals surface area contributed by atoms with Gasteiger partial charge in [0.25, 0.3) is 0 Å². The van der Waals surface area contributed by atoms with Crippen LogP contribution < -0.4 is 4.74 Å². The summed E-state index contributed by atoms with van der Waals surface area (Å²) in [5, 5.41) is -0.488. The van der Waals surface area contributed by atoms with E-state index in [9.17, 15) is 30.8 Å². The van der Waals surface area contributed by atoms with Crippen molar-refractivity contribution in [1.82, 2.24) is 0 Å². The van der Waals surface area contributed by atoms with E-state index in [-0.39, 0.29) is 36.8 Å². The molecular formula is C22H26F4O4S. The lowest BCUT2D eigenvalue weighted by Gasteiger charge is -2.30. The van der Waals surface area contributed by atoms with Gasteiger partial charge in [-0.15, -0.1) is 0 Å². The Morgan fingerprint density at radius 3 is 2.19 bits per heavy atom. The standard InChI is InChI=1S/C22H26F4O4S/c23-19-10-21(30-11-13-1-5-15(6-2-13)22(24,25)26)17(14-3-4-14)9-18(19)20(27)12-31(28,29)16-7-8-16/h9-10,13-16H,1-8,11-12H2. The van der Waals surface area contributed by atoms with Gasteiger partial charge in [-0.3, -0.25) is 4.79 Å². The number of alkyl halides is 3. The van der Waals surface area contributed by atoms with Crippen molar-refractivity contribution in [1.29, 1.82) is 0 Å². The minimum atomic E-state index is -4.16. The molecule has 4 rings (SSSR count). The van der Waals surface area contributed by atoms with Crippen molar-refractivity contribution in [2.45, 2.75) is 68.7 Å². The maximum absolute atomic E-state index is 14.7. The number of halogens is 4. The van der Waals surface area contributed by atoms with Crippen LogP contribution in [0.3, 0.4) is 0 Å². The van der Waals surface area contributed by atoms with Crippen molar-refractivity contribution in [2.24, 2.45) is 11.8 Å². The minimum absolute atomic E-state index is 0.0290. The molecule has 9 heteroatoms. The van der Waals surface area contributed by atoms with Crippen LogP contribution in [0.1, 0.15) is 73.2 Å². The fourth-order valence-corrected chi connectivity index (χ4v) is 5.90. The highest BCUT2D eigenvalue weighted by molar-refractivity contribution is 7.93. The van der Waals surface area contributed by atoms with Gasteiger partial charge in [0.05, 0.1) is 23.3 Å². The molecule has 0 radical (unpaired) electrons. The van der Waals surface area contributed by atoms with Gasteiger partial charge in [0, 0.05) is 6.07 Å². The van der Waals surface area contributed by atoms with Gasteiger partial charge in [-0.05, 0) is 74.8 Å². The molecular weight excluding hydrogens is 436 g/mol. The molecule has 0 spiro atoms. The number of rotatable bonds is 8. The molecule has 3 fully saturated rings. The van der Waals surface area contributed by atoms with Crippen LogP contribution in [0, 0.1) is 17.7 Å². The molecule has 31 heavy (non-hydrogen) atoms. The predicted molar refractivity (Wildman–Crippen MR) is 107 cm³/mol. The van der Waals surface area contributed by atoms with Crippen molar-refractivity contribution in [3.63, 3.8) is 0 Å². The van der Waals surface area contributed by atoms with Crippen molar-refractivity contribution in [3.8, 4) is 5.75 Å². The Labute approximate surface area is 179 Å². The molecule has 1 aromatic rings. The van der Waals surface area contributed by atoms with Crippen molar-refractivity contribution in [3.05, 3.63) is 29.1 Å². The third-order valence-corrected chi connectivity index (χ3v) is 8.72. The SMILES string of the molecule is O=C(CS(=O)(=O)C1CC1)c1cc(C2CC2)c(OCC2CCC(C(F)(F)F)CC2)cc1F. The van der Waals surface area contributed by atoms with Crippen LogP contribution in [0.5, 0.6) is 5.75 Å². The Kier molecular flexibility index (Phi) is 6.09. The fourth-order valence-electron chi connectivity index (χ4n) is 4.29. The summed E-state index contributed by atoms with van der Waals surface area (Å²) in [6, 6.07) is 2.54. The molecule has 172 valence electrons. The molecule has 3 saturated carbocycles. The summed E-state index contributed by atoms with van der Waals surface area (Å²) in [4.78, 5) is 12.5. The molecule has 3 aliphatic rings. The Balaban J connectivity index is 1.43. The number of hydrogen-bond donors (Lipinski definition) is 0. The summed E-state index contributed by atoms with van der Waals surface area (Å²) >= 11 is 0. The lowest BCUT2D eigenvalue weighted by atomic mass is 9.82. The monoisotopic (exact) mass is 462 g/mol. The van der Waals surface area contributed by atoms with Gasteiger partial charge in [0.15, 0.2) is 15.6 Å². The number of Topliss-reactive ketones (excluding diaryl/α,β-unsaturated/α-hetero) is 1. The first kappa shape index (κ1) is 22.6. The van der Waals surface area contributed by atoms with E-state index < -0.39 is 44.5 Å². The molecule has 0 N–H and O–H groups in total. The Bertz CT molecular complexity index is 941. The first-order valence-electron chi connectivity index (χ1n) is 10.8. The lowest BCUT2D eigenvalue weighted by molar-refractivity contribution is -0.184. The Hall–Kier alpha value is -1.64. The highest BCUT2D eigenvalue weighted by atomic mass is 32.2. The second kappa shape index (κ2) is 8.37. The van der Waals surface area contributed by atoms with Crippen LogP contribution in [0.15, 0.2) is 12.1 Å². The normalized spacial score (nSPS) is 24.8. The van der Waals surface area contributed by atoms with Crippen LogP contribution in [-0.4, -0.2) is 38.0 Å². The smallest absolute Gasteiger partial charge is 0.391 e. The van der Waals surface area contributed by atoms with Gasteiger partial charge >= 0.3 is 6.18 Å². The number of ether oxygens (including phenoxy) is 1. The van der Waals surface area contributed by atoms with Gasteiger partial charge < -0.3 is 4.74 Å². The number of ketones is 1. The summed E-state index contributed by atoms with van der Waals surface area (Å²) in [5.41, 5.74) is 0.446. The minimum Gasteiger partial charge on any atom is -0.493 e. The van der Waals surface area contributed by atoms with Gasteiger partial charge in [0.2, 0.25) is 0 Å². The highest BCUT2D eigenvalue weighted by Crippen LogP contribution is 2.46. The van der Waals surface area contributed by atoms with Crippen molar-refractivity contribution in [2.75, 3.05) is 12.4 Å². The largest absolute Gasteiger partial charge is 0.493 e. The molecule has 0 aromatic heterocycles. The molecule has 0 heterocycles. The van der Waals surface area contributed by atoms with E-state index in [1.807, 2.05) is 0 Å². The van der Waals surface area contributed by atoms with Gasteiger partial charge in [-0.1, -0.05) is 0 Å².